The number of carboxylic acid groups (broad SMARTS) is 1. The highest BCUT2D eigenvalue weighted by Crippen LogP contribution is 2.60. The van der Waals surface area contributed by atoms with Gasteiger partial charge in [0.2, 0.25) is 11.5 Å². The Morgan fingerprint density at radius 3 is 2.00 bits per heavy atom. The summed E-state index contributed by atoms with van der Waals surface area (Å²) in [7, 11) is 0.809. The SMILES string of the molecule is CCCC(O)(C(O)C(=O)O)C(O)(O)N1C(O)c2c(O)c(OC)c(OC(O)O)c(O)c2C(O)(O)C1(O)O. The molecule has 18 heteroatoms. The lowest BCUT2D eigenvalue weighted by Crippen LogP contribution is -2.80. The molecule has 1 aliphatic heterocycles. The summed E-state index contributed by atoms with van der Waals surface area (Å²) < 4.78 is 9.13. The van der Waals surface area contributed by atoms with Gasteiger partial charge in [0.05, 0.1) is 18.2 Å². The second-order valence-corrected chi connectivity index (χ2v) is 7.89. The van der Waals surface area contributed by atoms with Crippen molar-refractivity contribution in [2.45, 2.75) is 61.8 Å². The zero-order valence-electron chi connectivity index (χ0n) is 18.6. The number of aliphatic hydroxyl groups excluding tert-OH is 3. The molecule has 3 unspecified atom stereocenters. The lowest BCUT2D eigenvalue weighted by Gasteiger charge is -2.56. The summed E-state index contributed by atoms with van der Waals surface area (Å²) in [6, 6.07) is 0. The fraction of sp³-hybridized carbons (Fsp3) is 0.611. The molecular weight excluding hydrogens is 502 g/mol. The van der Waals surface area contributed by atoms with Gasteiger partial charge in [-0.1, -0.05) is 13.3 Å². The largest absolute Gasteiger partial charge is 0.504 e. The topological polar surface area (TPSA) is 322 Å². The predicted molar refractivity (Wildman–Crippen MR) is 106 cm³/mol. The van der Waals surface area contributed by atoms with E-state index in [0.717, 1.165) is 7.11 Å². The molecule has 0 fully saturated rings. The quantitative estimate of drug-likeness (QED) is 0.105. The third-order valence-electron chi connectivity index (χ3n) is 5.71. The van der Waals surface area contributed by atoms with Gasteiger partial charge in [-0.3, -0.25) is 0 Å². The normalized spacial score (nSPS) is 22.0. The van der Waals surface area contributed by atoms with E-state index < -0.39 is 93.4 Å². The molecule has 0 aromatic heterocycles. The van der Waals surface area contributed by atoms with Crippen LogP contribution < -0.4 is 9.47 Å². The Labute approximate surface area is 200 Å². The van der Waals surface area contributed by atoms with Gasteiger partial charge in [0, 0.05) is 0 Å². The van der Waals surface area contributed by atoms with Crippen LogP contribution in [0.3, 0.4) is 0 Å². The molecule has 1 heterocycles. The van der Waals surface area contributed by atoms with Crippen LogP contribution in [0.5, 0.6) is 23.0 Å². The van der Waals surface area contributed by atoms with Crippen LogP contribution in [0.1, 0.15) is 37.1 Å². The van der Waals surface area contributed by atoms with Crippen LogP contribution >= 0.6 is 0 Å². The Balaban J connectivity index is 2.98. The Kier molecular flexibility index (Phi) is 7.72. The smallest absolute Gasteiger partial charge is 0.335 e. The van der Waals surface area contributed by atoms with E-state index >= 15 is 0 Å². The minimum absolute atomic E-state index is 0.304. The van der Waals surface area contributed by atoms with E-state index in [4.69, 9.17) is 20.1 Å². The molecule has 36 heavy (non-hydrogen) atoms. The van der Waals surface area contributed by atoms with Crippen molar-refractivity contribution in [2.24, 2.45) is 0 Å². The van der Waals surface area contributed by atoms with Crippen LogP contribution in [-0.4, -0.2) is 119 Å². The summed E-state index contributed by atoms with van der Waals surface area (Å²) in [6.07, 6.45) is -7.50. The number of rotatable bonds is 9. The summed E-state index contributed by atoms with van der Waals surface area (Å²) in [4.78, 5) is 10.5. The van der Waals surface area contributed by atoms with Crippen molar-refractivity contribution in [3.63, 3.8) is 0 Å². The van der Waals surface area contributed by atoms with Gasteiger partial charge < -0.3 is 81.0 Å². The van der Waals surface area contributed by atoms with Gasteiger partial charge >= 0.3 is 12.4 Å². The number of fused-ring (bicyclic) bond motifs is 1. The number of hydrogen-bond donors (Lipinski definition) is 14. The van der Waals surface area contributed by atoms with Gasteiger partial charge in [-0.25, -0.2) is 4.79 Å². The molecule has 0 saturated heterocycles. The van der Waals surface area contributed by atoms with Crippen LogP contribution in [0.25, 0.3) is 0 Å². The first-order valence-corrected chi connectivity index (χ1v) is 9.91. The third-order valence-corrected chi connectivity index (χ3v) is 5.71. The molecule has 1 aliphatic rings. The molecule has 0 amide bonds. The number of carboxylic acids is 1. The zero-order chi connectivity index (χ0) is 28.2. The van der Waals surface area contributed by atoms with Gasteiger partial charge in [-0.05, 0) is 6.42 Å². The number of carbonyl (C=O) groups is 1. The monoisotopic (exact) mass is 529 g/mol. The van der Waals surface area contributed by atoms with Crippen LogP contribution in [0.4, 0.5) is 0 Å². The summed E-state index contributed by atoms with van der Waals surface area (Å²) in [6.45, 7) is -1.46. The molecule has 0 aliphatic carbocycles. The Hall–Kier alpha value is -2.59. The fourth-order valence-corrected chi connectivity index (χ4v) is 4.01. The van der Waals surface area contributed by atoms with E-state index in [1.54, 1.807) is 0 Å². The molecule has 2 rings (SSSR count). The molecule has 1 aromatic carbocycles. The number of ether oxygens (including phenoxy) is 2. The maximum atomic E-state index is 11.3. The first kappa shape index (κ1) is 29.6. The molecule has 0 radical (unpaired) electrons. The standard InChI is InChI=1S/C18H27NO17/c1-3-4-15(28,11(22)13(24)25)17(31,32)19-12(23)5-6(16(29,30)18(19,33)34)8(21)10(36-14(26)27)9(35-2)7(5)20/h11-12,14,20-23,26-34H,3-4H2,1-2H3,(H,24,25). The van der Waals surface area contributed by atoms with Crippen LogP contribution in [0.15, 0.2) is 0 Å². The highest BCUT2D eigenvalue weighted by molar-refractivity contribution is 5.74. The summed E-state index contributed by atoms with van der Waals surface area (Å²) in [5, 5.41) is 144. The van der Waals surface area contributed by atoms with Crippen LogP contribution in [0, 0.1) is 0 Å². The minimum atomic E-state index is -4.59. The van der Waals surface area contributed by atoms with E-state index in [1.807, 2.05) is 0 Å². The van der Waals surface area contributed by atoms with Gasteiger partial charge in [-0.2, -0.15) is 4.90 Å². The maximum Gasteiger partial charge on any atom is 0.335 e. The van der Waals surface area contributed by atoms with Gasteiger partial charge in [0.1, 0.15) is 6.23 Å². The summed E-state index contributed by atoms with van der Waals surface area (Å²) in [5.74, 6) is -21.0. The van der Waals surface area contributed by atoms with Crippen LogP contribution in [-0.2, 0) is 10.6 Å². The van der Waals surface area contributed by atoms with Gasteiger partial charge in [0.25, 0.3) is 17.6 Å². The molecule has 14 N–H and O–H groups in total. The number of hydrogen-bond acceptors (Lipinski definition) is 17. The van der Waals surface area contributed by atoms with Crippen molar-refractivity contribution in [3.05, 3.63) is 11.1 Å². The molecule has 1 aromatic rings. The van der Waals surface area contributed by atoms with E-state index in [-0.39, 0.29) is 6.42 Å². The maximum absolute atomic E-state index is 11.3. The molecule has 0 saturated carbocycles. The van der Waals surface area contributed by atoms with Gasteiger partial charge in [-0.15, -0.1) is 0 Å². The van der Waals surface area contributed by atoms with Gasteiger partial charge in [0.15, 0.2) is 23.2 Å². The number of aliphatic carboxylic acids is 1. The van der Waals surface area contributed by atoms with E-state index in [2.05, 4.69) is 4.74 Å². The molecule has 18 nitrogen and oxygen atoms in total. The lowest BCUT2D eigenvalue weighted by molar-refractivity contribution is -0.519. The first-order chi connectivity index (χ1) is 16.3. The summed E-state index contributed by atoms with van der Waals surface area (Å²) in [5.41, 5.74) is -6.65. The highest BCUT2D eigenvalue weighted by atomic mass is 16.7. The Bertz CT molecular complexity index is 1010. The van der Waals surface area contributed by atoms with E-state index in [1.165, 1.54) is 6.92 Å². The highest BCUT2D eigenvalue weighted by Gasteiger charge is 2.72. The van der Waals surface area contributed by atoms with Crippen LogP contribution in [0.2, 0.25) is 0 Å². The lowest BCUT2D eigenvalue weighted by atomic mass is 9.81. The molecule has 206 valence electrons. The zero-order valence-corrected chi connectivity index (χ0v) is 18.6. The minimum Gasteiger partial charge on any atom is -0.504 e. The first-order valence-electron chi connectivity index (χ1n) is 9.91. The van der Waals surface area contributed by atoms with E-state index in [0.29, 0.717) is 0 Å². The second kappa shape index (κ2) is 9.37. The van der Waals surface area contributed by atoms with Crippen molar-refractivity contribution in [1.82, 2.24) is 4.90 Å². The number of aromatic hydroxyl groups is 2. The number of phenols is 2. The average molecular weight is 529 g/mol. The summed E-state index contributed by atoms with van der Waals surface area (Å²) >= 11 is 0. The number of benzene rings is 1. The molecular formula is C18H27NO17. The van der Waals surface area contributed by atoms with Crippen molar-refractivity contribution < 1.29 is 85.8 Å². The molecule has 0 spiro atoms. The number of phenolic OH excluding ortho intramolecular Hbond substituents is 2. The number of aliphatic hydroxyl groups is 11. The number of nitrogens with zero attached hydrogens (tertiary/aromatic N) is 1. The second-order valence-electron chi connectivity index (χ2n) is 7.89. The van der Waals surface area contributed by atoms with E-state index in [9.17, 15) is 61.0 Å². The van der Waals surface area contributed by atoms with Crippen molar-refractivity contribution >= 4 is 5.97 Å². The third kappa shape index (κ3) is 3.98. The molecule has 3 atom stereocenters. The Morgan fingerprint density at radius 1 is 1.06 bits per heavy atom. The average Bonchev–Trinajstić information content (AvgIpc) is 2.73. The Morgan fingerprint density at radius 2 is 1.58 bits per heavy atom. The van der Waals surface area contributed by atoms with Crippen molar-refractivity contribution in [3.8, 4) is 23.0 Å². The predicted octanol–water partition coefficient (Wildman–Crippen LogP) is -5.55. The molecule has 0 bridgehead atoms. The fourth-order valence-electron chi connectivity index (χ4n) is 4.01. The van der Waals surface area contributed by atoms with Crippen molar-refractivity contribution in [2.75, 3.05) is 7.11 Å². The number of methoxy groups -OCH3 is 1. The van der Waals surface area contributed by atoms with Crippen molar-refractivity contribution in [1.29, 1.82) is 0 Å².